The second-order valence-corrected chi connectivity index (χ2v) is 13.9. The van der Waals surface area contributed by atoms with Gasteiger partial charge < -0.3 is 25.4 Å². The lowest BCUT2D eigenvalue weighted by molar-refractivity contribution is 0.0387. The number of ether oxygens (including phenoxy) is 1. The number of fused-ring (bicyclic) bond motifs is 2. The van der Waals surface area contributed by atoms with E-state index in [4.69, 9.17) is 4.74 Å². The molecular formula is C31H34N4O6S2. The molecule has 0 aliphatic carbocycles. The first-order valence-corrected chi connectivity index (χ1v) is 16.2. The molecule has 0 spiro atoms. The van der Waals surface area contributed by atoms with Gasteiger partial charge in [0.2, 0.25) is 0 Å². The highest BCUT2D eigenvalue weighted by molar-refractivity contribution is 7.91. The predicted molar refractivity (Wildman–Crippen MR) is 168 cm³/mol. The van der Waals surface area contributed by atoms with E-state index in [0.717, 1.165) is 22.1 Å². The highest BCUT2D eigenvalue weighted by atomic mass is 32.2. The molecule has 1 aromatic heterocycles. The van der Waals surface area contributed by atoms with Gasteiger partial charge in [0.1, 0.15) is 16.1 Å². The van der Waals surface area contributed by atoms with Crippen LogP contribution in [-0.2, 0) is 10.0 Å². The minimum Gasteiger partial charge on any atom is -0.488 e. The summed E-state index contributed by atoms with van der Waals surface area (Å²) in [6, 6.07) is 20.4. The van der Waals surface area contributed by atoms with Gasteiger partial charge in [0.05, 0.1) is 30.4 Å². The van der Waals surface area contributed by atoms with Crippen LogP contribution in [0.25, 0.3) is 10.8 Å². The molecule has 0 saturated carbocycles. The number of rotatable bonds is 8. The van der Waals surface area contributed by atoms with E-state index in [-0.39, 0.29) is 47.0 Å². The molecule has 0 unspecified atom stereocenters. The second kappa shape index (κ2) is 12.7. The van der Waals surface area contributed by atoms with Crippen molar-refractivity contribution >= 4 is 55.4 Å². The van der Waals surface area contributed by atoms with Gasteiger partial charge in [0.25, 0.3) is 15.9 Å². The molecule has 0 radical (unpaired) electrons. The zero-order chi connectivity index (χ0) is 30.7. The minimum absolute atomic E-state index is 0.0455. The molecule has 3 atom stereocenters. The first-order valence-electron chi connectivity index (χ1n) is 13.9. The molecule has 43 heavy (non-hydrogen) atoms. The number of aliphatic hydroxyl groups excluding tert-OH is 1. The molecule has 0 saturated heterocycles. The maximum absolute atomic E-state index is 13.8. The topological polar surface area (TPSA) is 128 Å². The van der Waals surface area contributed by atoms with E-state index in [1.807, 2.05) is 49.4 Å². The number of amides is 3. The summed E-state index contributed by atoms with van der Waals surface area (Å²) in [7, 11) is -2.22. The molecule has 4 aromatic rings. The molecule has 226 valence electrons. The Balaban J connectivity index is 1.41. The Morgan fingerprint density at radius 2 is 1.88 bits per heavy atom. The summed E-state index contributed by atoms with van der Waals surface area (Å²) in [6.45, 7) is 3.66. The number of anilines is 2. The van der Waals surface area contributed by atoms with Gasteiger partial charge in [0, 0.05) is 30.6 Å². The quantitative estimate of drug-likeness (QED) is 0.251. The largest absolute Gasteiger partial charge is 0.488 e. The Morgan fingerprint density at radius 3 is 2.63 bits per heavy atom. The van der Waals surface area contributed by atoms with E-state index in [0.29, 0.717) is 11.4 Å². The van der Waals surface area contributed by atoms with Crippen LogP contribution in [0.3, 0.4) is 0 Å². The summed E-state index contributed by atoms with van der Waals surface area (Å²) in [5, 5.41) is 19.2. The second-order valence-electron chi connectivity index (χ2n) is 10.7. The van der Waals surface area contributed by atoms with E-state index in [9.17, 15) is 23.1 Å². The average molecular weight is 623 g/mol. The van der Waals surface area contributed by atoms with Gasteiger partial charge in [-0.3, -0.25) is 4.79 Å². The van der Waals surface area contributed by atoms with Crippen molar-refractivity contribution in [2.45, 2.75) is 30.2 Å². The van der Waals surface area contributed by atoms with E-state index in [2.05, 4.69) is 10.6 Å². The first kappa shape index (κ1) is 30.5. The molecule has 5 rings (SSSR count). The number of nitrogens with one attached hydrogen (secondary N) is 2. The molecule has 3 amide bonds. The SMILES string of the molecule is C[C@@H]1CN([C@H](C)CO)C(=O)c2cc(NC(=O)Nc3cccc4ccccc34)ccc2O[C@H]1CN(C)S(=O)(=O)c1cccs1. The zero-order valence-corrected chi connectivity index (χ0v) is 25.7. The number of nitrogens with zero attached hydrogens (tertiary/aromatic N) is 2. The van der Waals surface area contributed by atoms with Gasteiger partial charge in [-0.2, -0.15) is 4.31 Å². The Kier molecular flexibility index (Phi) is 9.02. The Labute approximate surface area is 254 Å². The van der Waals surface area contributed by atoms with Crippen LogP contribution < -0.4 is 15.4 Å². The van der Waals surface area contributed by atoms with Crippen molar-refractivity contribution < 1.29 is 27.9 Å². The van der Waals surface area contributed by atoms with Crippen molar-refractivity contribution in [2.75, 3.05) is 37.4 Å². The van der Waals surface area contributed by atoms with E-state index in [1.54, 1.807) is 41.5 Å². The number of benzene rings is 3. The van der Waals surface area contributed by atoms with Gasteiger partial charge in [-0.15, -0.1) is 11.3 Å². The summed E-state index contributed by atoms with van der Waals surface area (Å²) in [4.78, 5) is 28.3. The van der Waals surface area contributed by atoms with Crippen LogP contribution in [0.5, 0.6) is 5.75 Å². The summed E-state index contributed by atoms with van der Waals surface area (Å²) in [6.07, 6.45) is -0.603. The van der Waals surface area contributed by atoms with Crippen LogP contribution >= 0.6 is 11.3 Å². The average Bonchev–Trinajstić information content (AvgIpc) is 3.55. The molecule has 2 heterocycles. The predicted octanol–water partition coefficient (Wildman–Crippen LogP) is 5.09. The maximum atomic E-state index is 13.8. The highest BCUT2D eigenvalue weighted by Crippen LogP contribution is 2.32. The van der Waals surface area contributed by atoms with Crippen molar-refractivity contribution in [3.63, 3.8) is 0 Å². The number of hydrogen-bond donors (Lipinski definition) is 3. The third kappa shape index (κ3) is 6.52. The Morgan fingerprint density at radius 1 is 1.12 bits per heavy atom. The van der Waals surface area contributed by atoms with Gasteiger partial charge in [-0.1, -0.05) is 49.4 Å². The van der Waals surface area contributed by atoms with E-state index < -0.39 is 28.2 Å². The number of thiophene rings is 1. The fourth-order valence-corrected chi connectivity index (χ4v) is 7.44. The minimum atomic E-state index is -3.73. The molecule has 12 heteroatoms. The lowest BCUT2D eigenvalue weighted by Gasteiger charge is -2.38. The fraction of sp³-hybridized carbons (Fsp3) is 0.290. The third-order valence-corrected chi connectivity index (χ3v) is 10.8. The number of carbonyl (C=O) groups is 2. The van der Waals surface area contributed by atoms with Crippen LogP contribution in [0.4, 0.5) is 16.2 Å². The number of aliphatic hydroxyl groups is 1. The Bertz CT molecular complexity index is 1720. The normalized spacial score (nSPS) is 18.0. The van der Waals surface area contributed by atoms with Crippen LogP contribution in [0, 0.1) is 5.92 Å². The first-order chi connectivity index (χ1) is 20.6. The van der Waals surface area contributed by atoms with Crippen LogP contribution in [0.15, 0.2) is 82.4 Å². The zero-order valence-electron chi connectivity index (χ0n) is 24.1. The van der Waals surface area contributed by atoms with Gasteiger partial charge in [-0.05, 0) is 48.0 Å². The summed E-state index contributed by atoms with van der Waals surface area (Å²) in [5.74, 6) is -0.366. The van der Waals surface area contributed by atoms with Crippen LogP contribution in [0.1, 0.15) is 24.2 Å². The summed E-state index contributed by atoms with van der Waals surface area (Å²) in [5.41, 5.74) is 1.21. The molecule has 3 N–H and O–H groups in total. The molecule has 3 aromatic carbocycles. The van der Waals surface area contributed by atoms with E-state index in [1.165, 1.54) is 17.4 Å². The van der Waals surface area contributed by atoms with Gasteiger partial charge in [-0.25, -0.2) is 13.2 Å². The van der Waals surface area contributed by atoms with Gasteiger partial charge in [0.15, 0.2) is 0 Å². The van der Waals surface area contributed by atoms with Crippen molar-refractivity contribution in [1.82, 2.24) is 9.21 Å². The smallest absolute Gasteiger partial charge is 0.323 e. The maximum Gasteiger partial charge on any atom is 0.323 e. The van der Waals surface area contributed by atoms with Crippen LogP contribution in [-0.4, -0.2) is 73.6 Å². The number of hydrogen-bond acceptors (Lipinski definition) is 7. The van der Waals surface area contributed by atoms with Crippen molar-refractivity contribution in [3.05, 3.63) is 83.7 Å². The number of likely N-dealkylation sites (N-methyl/N-ethyl adjacent to an activating group) is 1. The standard InChI is InChI=1S/C31H34N4O6S2/c1-20-17-35(21(2)19-36)30(37)25-16-23(32-31(38)33-26-11-6-9-22-8-4-5-10-24(22)26)13-14-27(25)41-28(20)18-34(3)43(39,40)29-12-7-15-42-29/h4-16,20-21,28,36H,17-19H2,1-3H3,(H2,32,33,38)/t20-,21-,28+/m1/s1. The van der Waals surface area contributed by atoms with Crippen LogP contribution in [0.2, 0.25) is 0 Å². The Hall–Kier alpha value is -3.97. The number of carbonyl (C=O) groups excluding carboxylic acids is 2. The number of urea groups is 1. The molecule has 0 bridgehead atoms. The summed E-state index contributed by atoms with van der Waals surface area (Å²) >= 11 is 1.14. The molecule has 1 aliphatic heterocycles. The molecule has 10 nitrogen and oxygen atoms in total. The fourth-order valence-electron chi connectivity index (χ4n) is 5.05. The molecular weight excluding hydrogens is 588 g/mol. The van der Waals surface area contributed by atoms with Crippen molar-refractivity contribution in [1.29, 1.82) is 0 Å². The highest BCUT2D eigenvalue weighted by Gasteiger charge is 2.35. The molecule has 0 fully saturated rings. The third-order valence-electron chi connectivity index (χ3n) is 7.56. The van der Waals surface area contributed by atoms with Gasteiger partial charge >= 0.3 is 6.03 Å². The summed E-state index contributed by atoms with van der Waals surface area (Å²) < 4.78 is 34.1. The lowest BCUT2D eigenvalue weighted by Crippen LogP contribution is -2.50. The molecule has 1 aliphatic rings. The number of sulfonamides is 1. The van der Waals surface area contributed by atoms with E-state index >= 15 is 0 Å². The van der Waals surface area contributed by atoms with Crippen molar-refractivity contribution in [2.24, 2.45) is 5.92 Å². The van der Waals surface area contributed by atoms with Crippen molar-refractivity contribution in [3.8, 4) is 5.75 Å². The lowest BCUT2D eigenvalue weighted by atomic mass is 9.99. The monoisotopic (exact) mass is 622 g/mol.